The summed E-state index contributed by atoms with van der Waals surface area (Å²) >= 11 is 0. The highest BCUT2D eigenvalue weighted by Crippen LogP contribution is 2.28. The minimum absolute atomic E-state index is 0.00231. The van der Waals surface area contributed by atoms with Crippen molar-refractivity contribution in [2.75, 3.05) is 0 Å². The van der Waals surface area contributed by atoms with Crippen molar-refractivity contribution < 1.29 is 5.11 Å². The zero-order valence-corrected chi connectivity index (χ0v) is 5.57. The maximum absolute atomic E-state index is 9.04. The van der Waals surface area contributed by atoms with E-state index in [0.717, 1.165) is 5.56 Å². The lowest BCUT2D eigenvalue weighted by Crippen LogP contribution is -1.71. The van der Waals surface area contributed by atoms with Gasteiger partial charge in [0.05, 0.1) is 0 Å². The molecule has 0 aliphatic heterocycles. The first-order valence-electron chi connectivity index (χ1n) is 2.89. The van der Waals surface area contributed by atoms with E-state index >= 15 is 0 Å². The van der Waals surface area contributed by atoms with Gasteiger partial charge < -0.3 is 5.11 Å². The van der Waals surface area contributed by atoms with E-state index in [4.69, 9.17) is 10.5 Å². The van der Waals surface area contributed by atoms with Crippen LogP contribution < -0.4 is 0 Å². The van der Waals surface area contributed by atoms with Gasteiger partial charge >= 0.3 is 5.69 Å². The Morgan fingerprint density at radius 2 is 2.20 bits per heavy atom. The lowest BCUT2D eigenvalue weighted by atomic mass is 10.2. The third-order valence-electron chi connectivity index (χ3n) is 1.32. The molecule has 0 spiro atoms. The van der Waals surface area contributed by atoms with Gasteiger partial charge in [-0.05, 0) is 13.0 Å². The van der Waals surface area contributed by atoms with Crippen molar-refractivity contribution in [1.29, 1.82) is 5.39 Å². The molecular weight excluding hydrogens is 128 g/mol. The summed E-state index contributed by atoms with van der Waals surface area (Å²) in [7, 11) is 0. The SMILES string of the molecule is Cc1cccc(O)c1[N+]#N. The van der Waals surface area contributed by atoms with E-state index in [0.29, 0.717) is 0 Å². The van der Waals surface area contributed by atoms with Gasteiger partial charge in [-0.25, -0.2) is 0 Å². The van der Waals surface area contributed by atoms with Gasteiger partial charge in [0.25, 0.3) is 0 Å². The molecule has 0 atom stereocenters. The summed E-state index contributed by atoms with van der Waals surface area (Å²) in [5, 5.41) is 17.4. The topological polar surface area (TPSA) is 48.4 Å². The van der Waals surface area contributed by atoms with Crippen LogP contribution in [0.1, 0.15) is 5.56 Å². The van der Waals surface area contributed by atoms with Gasteiger partial charge in [-0.3, -0.25) is 0 Å². The summed E-state index contributed by atoms with van der Waals surface area (Å²) in [6.07, 6.45) is 0. The maximum atomic E-state index is 9.04. The largest absolute Gasteiger partial charge is 0.501 e. The predicted octanol–water partition coefficient (Wildman–Crippen LogP) is 2.19. The van der Waals surface area contributed by atoms with Gasteiger partial charge in [-0.1, -0.05) is 12.1 Å². The highest BCUT2D eigenvalue weighted by Gasteiger charge is 2.14. The predicted molar refractivity (Wildman–Crippen MR) is 37.6 cm³/mol. The number of phenols is 1. The number of benzene rings is 1. The average Bonchev–Trinajstić information content (AvgIpc) is 1.88. The first-order valence-corrected chi connectivity index (χ1v) is 2.89. The summed E-state index contributed by atoms with van der Waals surface area (Å²) in [6, 6.07) is 4.93. The van der Waals surface area contributed by atoms with Crippen LogP contribution in [0.15, 0.2) is 18.2 Å². The average molecular weight is 135 g/mol. The molecule has 1 rings (SSSR count). The molecule has 3 heteroatoms. The van der Waals surface area contributed by atoms with Crippen molar-refractivity contribution in [2.24, 2.45) is 0 Å². The first-order chi connectivity index (χ1) is 4.75. The number of hydrogen-bond acceptors (Lipinski definition) is 2. The smallest absolute Gasteiger partial charge is 0.428 e. The minimum atomic E-state index is 0.00231. The van der Waals surface area contributed by atoms with Crippen molar-refractivity contribution in [3.63, 3.8) is 0 Å². The third kappa shape index (κ3) is 0.914. The van der Waals surface area contributed by atoms with Crippen LogP contribution in [0.25, 0.3) is 4.98 Å². The Balaban J connectivity index is 3.34. The molecule has 0 saturated heterocycles. The van der Waals surface area contributed by atoms with Crippen LogP contribution in [0.2, 0.25) is 0 Å². The van der Waals surface area contributed by atoms with Crippen LogP contribution >= 0.6 is 0 Å². The molecular formula is C7H7N2O+. The number of rotatable bonds is 0. The van der Waals surface area contributed by atoms with Crippen molar-refractivity contribution in [3.05, 3.63) is 28.7 Å². The molecule has 0 bridgehead atoms. The number of aryl methyl sites for hydroxylation is 1. The quantitative estimate of drug-likeness (QED) is 0.554. The second kappa shape index (κ2) is 2.36. The summed E-state index contributed by atoms with van der Waals surface area (Å²) in [6.45, 7) is 1.76. The van der Waals surface area contributed by atoms with Crippen molar-refractivity contribution in [1.82, 2.24) is 0 Å². The van der Waals surface area contributed by atoms with Crippen molar-refractivity contribution in [2.45, 2.75) is 6.92 Å². The summed E-state index contributed by atoms with van der Waals surface area (Å²) in [5.74, 6) is 0.00231. The molecule has 1 N–H and O–H groups in total. The Labute approximate surface area is 58.6 Å². The Kier molecular flexibility index (Phi) is 1.55. The van der Waals surface area contributed by atoms with E-state index in [1.807, 2.05) is 0 Å². The van der Waals surface area contributed by atoms with Crippen LogP contribution in [0.5, 0.6) is 5.75 Å². The number of hydrogen-bond donors (Lipinski definition) is 1. The maximum Gasteiger partial charge on any atom is 0.428 e. The molecule has 10 heavy (non-hydrogen) atoms. The molecule has 0 radical (unpaired) electrons. The summed E-state index contributed by atoms with van der Waals surface area (Å²) in [5.41, 5.74) is 0.991. The van der Waals surface area contributed by atoms with Gasteiger partial charge in [-0.2, -0.15) is 0 Å². The first kappa shape index (κ1) is 6.56. The Hall–Kier alpha value is -1.56. The molecule has 50 valence electrons. The van der Waals surface area contributed by atoms with Gasteiger partial charge in [-0.15, -0.1) is 0 Å². The van der Waals surface area contributed by atoms with E-state index in [1.165, 1.54) is 6.07 Å². The van der Waals surface area contributed by atoms with Gasteiger partial charge in [0.15, 0.2) is 4.98 Å². The lowest BCUT2D eigenvalue weighted by molar-refractivity contribution is 0.478. The van der Waals surface area contributed by atoms with E-state index in [2.05, 4.69) is 4.98 Å². The molecule has 0 saturated carbocycles. The molecule has 1 aromatic carbocycles. The zero-order valence-electron chi connectivity index (χ0n) is 5.57. The van der Waals surface area contributed by atoms with E-state index in [9.17, 15) is 0 Å². The van der Waals surface area contributed by atoms with E-state index in [1.54, 1.807) is 19.1 Å². The van der Waals surface area contributed by atoms with Gasteiger partial charge in [0, 0.05) is 5.56 Å². The number of phenolic OH excluding ortho intramolecular Hbond substituents is 1. The second-order valence-electron chi connectivity index (χ2n) is 2.04. The summed E-state index contributed by atoms with van der Waals surface area (Å²) < 4.78 is 0. The van der Waals surface area contributed by atoms with Crippen LogP contribution in [0.4, 0.5) is 5.69 Å². The number of nitrogens with zero attached hydrogens (tertiary/aromatic N) is 2. The molecule has 1 aromatic rings. The van der Waals surface area contributed by atoms with Crippen LogP contribution in [0, 0.1) is 12.3 Å². The van der Waals surface area contributed by atoms with Crippen molar-refractivity contribution >= 4 is 5.69 Å². The van der Waals surface area contributed by atoms with Crippen LogP contribution in [-0.2, 0) is 0 Å². The molecule has 0 fully saturated rings. The fourth-order valence-electron chi connectivity index (χ4n) is 0.774. The van der Waals surface area contributed by atoms with Crippen molar-refractivity contribution in [3.8, 4) is 5.75 Å². The molecule has 0 aliphatic rings. The van der Waals surface area contributed by atoms with Gasteiger partial charge in [0.2, 0.25) is 11.1 Å². The fraction of sp³-hybridized carbons (Fsp3) is 0.143. The highest BCUT2D eigenvalue weighted by molar-refractivity contribution is 5.61. The normalized spacial score (nSPS) is 8.80. The minimum Gasteiger partial charge on any atom is -0.501 e. The van der Waals surface area contributed by atoms with E-state index < -0.39 is 0 Å². The van der Waals surface area contributed by atoms with Crippen LogP contribution in [-0.4, -0.2) is 5.11 Å². The molecule has 3 nitrogen and oxygen atoms in total. The van der Waals surface area contributed by atoms with Crippen LogP contribution in [0.3, 0.4) is 0 Å². The standard InChI is InChI=1S/C7H6N2O/c1-5-3-2-4-6(10)7(5)9-8/h2-4H,1H3/p+1. The monoisotopic (exact) mass is 135 g/mol. The summed E-state index contributed by atoms with van der Waals surface area (Å²) in [4.78, 5) is 2.92. The molecule has 0 aliphatic carbocycles. The van der Waals surface area contributed by atoms with E-state index in [-0.39, 0.29) is 11.4 Å². The third-order valence-corrected chi connectivity index (χ3v) is 1.32. The molecule has 0 amide bonds. The van der Waals surface area contributed by atoms with Gasteiger partial charge in [0.1, 0.15) is 0 Å². The number of diazo groups is 1. The molecule has 0 unspecified atom stereocenters. The Morgan fingerprint density at radius 3 is 2.60 bits per heavy atom. The molecule has 0 heterocycles. The molecule has 0 aromatic heterocycles. The highest BCUT2D eigenvalue weighted by atomic mass is 16.3. The number of aromatic hydroxyl groups is 1. The zero-order chi connectivity index (χ0) is 7.56. The Bertz CT molecular complexity index is 268. The fourth-order valence-corrected chi connectivity index (χ4v) is 0.774. The Morgan fingerprint density at radius 1 is 1.50 bits per heavy atom. The second-order valence-corrected chi connectivity index (χ2v) is 2.04. The lowest BCUT2D eigenvalue weighted by Gasteiger charge is -1.87.